The van der Waals surface area contributed by atoms with Crippen LogP contribution in [0.4, 0.5) is 4.39 Å². The summed E-state index contributed by atoms with van der Waals surface area (Å²) in [5, 5.41) is 3.77. The molecule has 1 aliphatic carbocycles. The fourth-order valence-electron chi connectivity index (χ4n) is 3.43. The molecule has 1 atom stereocenters. The number of benzene rings is 1. The highest BCUT2D eigenvalue weighted by atomic mass is 19.1. The van der Waals surface area contributed by atoms with Gasteiger partial charge >= 0.3 is 0 Å². The van der Waals surface area contributed by atoms with Crippen molar-refractivity contribution in [2.24, 2.45) is 11.3 Å². The van der Waals surface area contributed by atoms with Crippen LogP contribution in [0, 0.1) is 17.2 Å². The van der Waals surface area contributed by atoms with Crippen LogP contribution in [0.25, 0.3) is 0 Å². The summed E-state index contributed by atoms with van der Waals surface area (Å²) in [6.07, 6.45) is 8.26. The first-order valence-corrected chi connectivity index (χ1v) is 8.45. The second kappa shape index (κ2) is 7.40. The summed E-state index contributed by atoms with van der Waals surface area (Å²) in [6.45, 7) is 7.84. The van der Waals surface area contributed by atoms with Gasteiger partial charge in [0.15, 0.2) is 0 Å². The van der Waals surface area contributed by atoms with Gasteiger partial charge in [-0.05, 0) is 48.4 Å². The van der Waals surface area contributed by atoms with Crippen molar-refractivity contribution in [3.8, 4) is 0 Å². The molecular formula is C19H30FN. The third kappa shape index (κ3) is 5.10. The Morgan fingerprint density at radius 3 is 2.14 bits per heavy atom. The van der Waals surface area contributed by atoms with Crippen molar-refractivity contribution in [3.63, 3.8) is 0 Å². The average molecular weight is 291 g/mol. The van der Waals surface area contributed by atoms with E-state index in [1.54, 1.807) is 12.1 Å². The molecule has 0 bridgehead atoms. The minimum absolute atomic E-state index is 0.128. The first-order valence-electron chi connectivity index (χ1n) is 8.45. The lowest BCUT2D eigenvalue weighted by Gasteiger charge is -2.33. The van der Waals surface area contributed by atoms with Crippen LogP contribution in [-0.2, 0) is 0 Å². The van der Waals surface area contributed by atoms with Crippen LogP contribution < -0.4 is 5.32 Å². The van der Waals surface area contributed by atoms with Gasteiger partial charge in [0.2, 0.25) is 0 Å². The fourth-order valence-corrected chi connectivity index (χ4v) is 3.43. The van der Waals surface area contributed by atoms with E-state index < -0.39 is 0 Å². The molecule has 118 valence electrons. The molecule has 1 fully saturated rings. The molecule has 0 spiro atoms. The van der Waals surface area contributed by atoms with Crippen molar-refractivity contribution in [1.29, 1.82) is 0 Å². The number of halogens is 1. The molecule has 1 saturated carbocycles. The molecular weight excluding hydrogens is 261 g/mol. The maximum absolute atomic E-state index is 13.1. The van der Waals surface area contributed by atoms with Crippen molar-refractivity contribution in [1.82, 2.24) is 5.32 Å². The third-order valence-electron chi connectivity index (χ3n) is 4.65. The van der Waals surface area contributed by atoms with Crippen LogP contribution in [-0.4, -0.2) is 6.54 Å². The molecule has 1 aliphatic rings. The van der Waals surface area contributed by atoms with Crippen LogP contribution in [0.15, 0.2) is 24.3 Å². The molecule has 1 aromatic carbocycles. The molecule has 2 rings (SSSR count). The van der Waals surface area contributed by atoms with Crippen molar-refractivity contribution in [3.05, 3.63) is 35.6 Å². The Morgan fingerprint density at radius 1 is 1.05 bits per heavy atom. The molecule has 21 heavy (non-hydrogen) atoms. The summed E-state index contributed by atoms with van der Waals surface area (Å²) in [5.41, 5.74) is 1.32. The third-order valence-corrected chi connectivity index (χ3v) is 4.65. The molecule has 2 heteroatoms. The molecule has 0 saturated heterocycles. The van der Waals surface area contributed by atoms with E-state index in [1.165, 1.54) is 44.1 Å². The predicted octanol–water partition coefficient (Wildman–Crippen LogP) is 5.47. The Hall–Kier alpha value is -0.890. The van der Waals surface area contributed by atoms with Gasteiger partial charge < -0.3 is 5.32 Å². The summed E-state index contributed by atoms with van der Waals surface area (Å²) < 4.78 is 13.1. The Bertz CT molecular complexity index is 410. The van der Waals surface area contributed by atoms with E-state index in [9.17, 15) is 4.39 Å². The lowest BCUT2D eigenvalue weighted by atomic mass is 9.82. The first-order chi connectivity index (χ1) is 9.97. The Kier molecular flexibility index (Phi) is 5.80. The monoisotopic (exact) mass is 291 g/mol. The smallest absolute Gasteiger partial charge is 0.123 e. The molecule has 0 heterocycles. The van der Waals surface area contributed by atoms with Gasteiger partial charge in [-0.2, -0.15) is 0 Å². The lowest BCUT2D eigenvalue weighted by molar-refractivity contribution is 0.254. The zero-order chi connectivity index (χ0) is 15.3. The highest BCUT2D eigenvalue weighted by Gasteiger charge is 2.26. The van der Waals surface area contributed by atoms with Gasteiger partial charge in [-0.3, -0.25) is 0 Å². The van der Waals surface area contributed by atoms with E-state index in [2.05, 4.69) is 26.1 Å². The molecule has 1 unspecified atom stereocenters. The summed E-state index contributed by atoms with van der Waals surface area (Å²) in [5.74, 6) is 0.646. The molecule has 0 amide bonds. The average Bonchev–Trinajstić information content (AvgIpc) is 2.68. The van der Waals surface area contributed by atoms with E-state index in [4.69, 9.17) is 0 Å². The molecule has 1 N–H and O–H groups in total. The molecule has 1 aromatic rings. The Balaban J connectivity index is 2.01. The maximum Gasteiger partial charge on any atom is 0.123 e. The predicted molar refractivity (Wildman–Crippen MR) is 87.8 cm³/mol. The van der Waals surface area contributed by atoms with Crippen molar-refractivity contribution >= 4 is 0 Å². The number of hydrogen-bond acceptors (Lipinski definition) is 1. The van der Waals surface area contributed by atoms with Crippen LogP contribution in [0.1, 0.15) is 70.9 Å². The quantitative estimate of drug-likeness (QED) is 0.725. The first kappa shape index (κ1) is 16.5. The van der Waals surface area contributed by atoms with E-state index in [0.717, 1.165) is 12.5 Å². The molecule has 0 aromatic heterocycles. The van der Waals surface area contributed by atoms with E-state index in [1.807, 2.05) is 12.1 Å². The van der Waals surface area contributed by atoms with Crippen molar-refractivity contribution < 1.29 is 4.39 Å². The summed E-state index contributed by atoms with van der Waals surface area (Å²) in [4.78, 5) is 0. The van der Waals surface area contributed by atoms with Crippen LogP contribution in [0.3, 0.4) is 0 Å². The minimum atomic E-state index is -0.157. The molecule has 1 nitrogen and oxygen atoms in total. The fraction of sp³-hybridized carbons (Fsp3) is 0.684. The van der Waals surface area contributed by atoms with E-state index in [0.29, 0.717) is 0 Å². The summed E-state index contributed by atoms with van der Waals surface area (Å²) >= 11 is 0. The highest BCUT2D eigenvalue weighted by Crippen LogP contribution is 2.33. The zero-order valence-electron chi connectivity index (χ0n) is 13.8. The van der Waals surface area contributed by atoms with Gasteiger partial charge in [-0.25, -0.2) is 4.39 Å². The van der Waals surface area contributed by atoms with Crippen molar-refractivity contribution in [2.75, 3.05) is 6.54 Å². The maximum atomic E-state index is 13.1. The SMILES string of the molecule is CC(C)(C)C(NCC1CCCCCC1)c1ccc(F)cc1. The topological polar surface area (TPSA) is 12.0 Å². The zero-order valence-corrected chi connectivity index (χ0v) is 13.8. The van der Waals surface area contributed by atoms with Gasteiger partial charge in [0, 0.05) is 6.04 Å². The largest absolute Gasteiger partial charge is 0.309 e. The second-order valence-electron chi connectivity index (χ2n) is 7.62. The Labute approximate surface area is 129 Å². The molecule has 0 aliphatic heterocycles. The minimum Gasteiger partial charge on any atom is -0.309 e. The summed E-state index contributed by atoms with van der Waals surface area (Å²) in [6, 6.07) is 7.26. The van der Waals surface area contributed by atoms with Gasteiger partial charge in [0.1, 0.15) is 5.82 Å². The van der Waals surface area contributed by atoms with Gasteiger partial charge in [-0.1, -0.05) is 58.6 Å². The number of hydrogen-bond donors (Lipinski definition) is 1. The normalized spacial score (nSPS) is 19.2. The van der Waals surface area contributed by atoms with E-state index >= 15 is 0 Å². The number of nitrogens with one attached hydrogen (secondary N) is 1. The second-order valence-corrected chi connectivity index (χ2v) is 7.62. The van der Waals surface area contributed by atoms with Gasteiger partial charge in [0.05, 0.1) is 0 Å². The van der Waals surface area contributed by atoms with Crippen LogP contribution in [0.2, 0.25) is 0 Å². The highest BCUT2D eigenvalue weighted by molar-refractivity contribution is 5.21. The van der Waals surface area contributed by atoms with E-state index in [-0.39, 0.29) is 17.3 Å². The summed E-state index contributed by atoms with van der Waals surface area (Å²) in [7, 11) is 0. The van der Waals surface area contributed by atoms with Gasteiger partial charge in [0.25, 0.3) is 0 Å². The Morgan fingerprint density at radius 2 is 1.62 bits per heavy atom. The lowest BCUT2D eigenvalue weighted by Crippen LogP contribution is -2.35. The van der Waals surface area contributed by atoms with Gasteiger partial charge in [-0.15, -0.1) is 0 Å². The standard InChI is InChI=1S/C19H30FN/c1-19(2,3)18(16-10-12-17(20)13-11-16)21-14-15-8-6-4-5-7-9-15/h10-13,15,18,21H,4-9,14H2,1-3H3. The van der Waals surface area contributed by atoms with Crippen LogP contribution in [0.5, 0.6) is 0 Å². The van der Waals surface area contributed by atoms with Crippen LogP contribution >= 0.6 is 0 Å². The number of rotatable bonds is 4. The van der Waals surface area contributed by atoms with Crippen molar-refractivity contribution in [2.45, 2.75) is 65.3 Å². The molecule has 0 radical (unpaired) electrons.